The van der Waals surface area contributed by atoms with Gasteiger partial charge < -0.3 is 9.16 Å². The van der Waals surface area contributed by atoms with Gasteiger partial charge in [-0.25, -0.2) is 8.42 Å². The van der Waals surface area contributed by atoms with Crippen LogP contribution in [0.4, 0.5) is 0 Å². The van der Waals surface area contributed by atoms with Gasteiger partial charge in [0.15, 0.2) is 8.32 Å². The summed E-state index contributed by atoms with van der Waals surface area (Å²) >= 11 is 6.01. The summed E-state index contributed by atoms with van der Waals surface area (Å²) in [6, 6.07) is 5.98. The molecule has 170 valence electrons. The van der Waals surface area contributed by atoms with E-state index in [4.69, 9.17) is 20.8 Å². The molecule has 30 heavy (non-hydrogen) atoms. The van der Waals surface area contributed by atoms with Crippen molar-refractivity contribution >= 4 is 29.9 Å². The monoisotopic (exact) mass is 473 g/mol. The molecule has 0 radical (unpaired) electrons. The molecule has 1 saturated heterocycles. The largest absolute Gasteiger partial charge is 0.410 e. The molecule has 0 spiro atoms. The van der Waals surface area contributed by atoms with Gasteiger partial charge in [-0.3, -0.25) is 0 Å². The predicted octanol–water partition coefficient (Wildman–Crippen LogP) is 5.45. The minimum atomic E-state index is -3.70. The van der Waals surface area contributed by atoms with E-state index in [1.165, 1.54) is 0 Å². The highest BCUT2D eigenvalue weighted by Gasteiger charge is 2.60. The van der Waals surface area contributed by atoms with Gasteiger partial charge in [-0.2, -0.15) is 4.31 Å². The average molecular weight is 474 g/mol. The minimum absolute atomic E-state index is 0.0564. The number of nitrogens with zero attached hydrogens (tertiary/aromatic N) is 1. The van der Waals surface area contributed by atoms with E-state index in [0.29, 0.717) is 18.2 Å². The van der Waals surface area contributed by atoms with E-state index >= 15 is 0 Å². The Balaban J connectivity index is 2.01. The molecule has 1 aliphatic heterocycles. The van der Waals surface area contributed by atoms with Crippen molar-refractivity contribution in [2.75, 3.05) is 13.2 Å². The Morgan fingerprint density at radius 1 is 1.20 bits per heavy atom. The zero-order valence-corrected chi connectivity index (χ0v) is 21.6. The van der Waals surface area contributed by atoms with E-state index < -0.39 is 23.9 Å². The lowest BCUT2D eigenvalue weighted by molar-refractivity contribution is -0.0594. The Labute approximate surface area is 188 Å². The van der Waals surface area contributed by atoms with Gasteiger partial charge in [0.1, 0.15) is 0 Å². The highest BCUT2D eigenvalue weighted by Crippen LogP contribution is 2.52. The van der Waals surface area contributed by atoms with Gasteiger partial charge in [0.05, 0.1) is 29.8 Å². The summed E-state index contributed by atoms with van der Waals surface area (Å²) < 4.78 is 42.2. The van der Waals surface area contributed by atoms with Crippen molar-refractivity contribution in [1.29, 1.82) is 0 Å². The maximum Gasteiger partial charge on any atom is 0.243 e. The topological polar surface area (TPSA) is 55.8 Å². The van der Waals surface area contributed by atoms with Crippen LogP contribution in [0.3, 0.4) is 0 Å². The molecule has 2 fully saturated rings. The molecule has 1 aromatic rings. The molecule has 3 rings (SSSR count). The highest BCUT2D eigenvalue weighted by atomic mass is 35.5. The van der Waals surface area contributed by atoms with Crippen molar-refractivity contribution < 1.29 is 17.6 Å². The van der Waals surface area contributed by atoms with Crippen molar-refractivity contribution in [3.05, 3.63) is 29.3 Å². The molecule has 2 atom stereocenters. The van der Waals surface area contributed by atoms with E-state index in [2.05, 4.69) is 40.8 Å². The SMILES string of the molecule is CCC[C@@H]1COC[C@H](C2(O[Si](C)(C)C(C)(C)C)CC2)N1S(=O)(=O)c1ccc(Cl)cc1. The predicted molar refractivity (Wildman–Crippen MR) is 124 cm³/mol. The van der Waals surface area contributed by atoms with Crippen LogP contribution in [0.1, 0.15) is 53.4 Å². The van der Waals surface area contributed by atoms with Crippen molar-refractivity contribution in [1.82, 2.24) is 4.31 Å². The summed E-state index contributed by atoms with van der Waals surface area (Å²) in [5, 5.41) is 0.582. The summed E-state index contributed by atoms with van der Waals surface area (Å²) in [5.74, 6) is 0. The summed E-state index contributed by atoms with van der Waals surface area (Å²) in [7, 11) is -5.78. The van der Waals surface area contributed by atoms with Gasteiger partial charge in [-0.1, -0.05) is 45.7 Å². The lowest BCUT2D eigenvalue weighted by atomic mass is 10.0. The van der Waals surface area contributed by atoms with Gasteiger partial charge in [0.25, 0.3) is 0 Å². The molecule has 0 aromatic heterocycles. The lowest BCUT2D eigenvalue weighted by Gasteiger charge is -2.48. The number of benzene rings is 1. The van der Waals surface area contributed by atoms with Crippen LogP contribution in [0, 0.1) is 0 Å². The van der Waals surface area contributed by atoms with Crippen molar-refractivity contribution in [2.45, 2.75) is 94.1 Å². The molecular formula is C22H36ClNO4SSi. The number of hydrogen-bond donors (Lipinski definition) is 0. The molecule has 2 aliphatic rings. The van der Waals surface area contributed by atoms with Gasteiger partial charge in [0.2, 0.25) is 10.0 Å². The first kappa shape index (κ1) is 24.2. The first-order chi connectivity index (χ1) is 13.8. The van der Waals surface area contributed by atoms with Gasteiger partial charge in [0, 0.05) is 11.1 Å². The van der Waals surface area contributed by atoms with Crippen LogP contribution in [0.15, 0.2) is 29.2 Å². The van der Waals surface area contributed by atoms with Crippen LogP contribution in [-0.2, 0) is 19.2 Å². The van der Waals surface area contributed by atoms with E-state index in [-0.39, 0.29) is 22.0 Å². The second-order valence-electron chi connectivity index (χ2n) is 10.2. The Bertz CT molecular complexity index is 845. The number of rotatable bonds is 7. The summed E-state index contributed by atoms with van der Waals surface area (Å²) in [4.78, 5) is 0.281. The van der Waals surface area contributed by atoms with Crippen LogP contribution in [0.25, 0.3) is 0 Å². The van der Waals surface area contributed by atoms with Crippen molar-refractivity contribution in [3.63, 3.8) is 0 Å². The minimum Gasteiger partial charge on any atom is -0.410 e. The van der Waals surface area contributed by atoms with Crippen LogP contribution < -0.4 is 0 Å². The Kier molecular flexibility index (Phi) is 6.85. The normalized spacial score (nSPS) is 25.3. The van der Waals surface area contributed by atoms with Crippen LogP contribution in [-0.4, -0.2) is 51.9 Å². The number of morpholine rings is 1. The van der Waals surface area contributed by atoms with Crippen LogP contribution in [0.5, 0.6) is 0 Å². The summed E-state index contributed by atoms with van der Waals surface area (Å²) in [6.07, 6.45) is 3.40. The fourth-order valence-electron chi connectivity index (χ4n) is 4.02. The third-order valence-electron chi connectivity index (χ3n) is 6.88. The molecular weight excluding hydrogens is 438 g/mol. The van der Waals surface area contributed by atoms with Crippen molar-refractivity contribution in [3.8, 4) is 0 Å². The van der Waals surface area contributed by atoms with E-state index in [0.717, 1.165) is 25.7 Å². The van der Waals surface area contributed by atoms with E-state index in [9.17, 15) is 8.42 Å². The molecule has 5 nitrogen and oxygen atoms in total. The standard InChI is InChI=1S/C22H36ClNO4SSi/c1-7-8-18-15-27-16-20(22(13-14-22)28-30(5,6)21(2,3)4)24(18)29(25,26)19-11-9-17(23)10-12-19/h9-12,18,20H,7-8,13-16H2,1-6H3/t18-,20-/m1/s1. The molecule has 8 heteroatoms. The zero-order valence-electron chi connectivity index (χ0n) is 19.1. The zero-order chi connectivity index (χ0) is 22.4. The number of sulfonamides is 1. The number of hydrogen-bond acceptors (Lipinski definition) is 4. The molecule has 1 heterocycles. The summed E-state index contributed by atoms with van der Waals surface area (Å²) in [5.41, 5.74) is -0.449. The van der Waals surface area contributed by atoms with Gasteiger partial charge in [-0.15, -0.1) is 0 Å². The number of ether oxygens (including phenoxy) is 1. The smallest absolute Gasteiger partial charge is 0.243 e. The van der Waals surface area contributed by atoms with Crippen molar-refractivity contribution in [2.24, 2.45) is 0 Å². The second-order valence-corrected chi connectivity index (χ2v) is 17.2. The fraction of sp³-hybridized carbons (Fsp3) is 0.727. The summed E-state index contributed by atoms with van der Waals surface area (Å²) in [6.45, 7) is 14.0. The first-order valence-electron chi connectivity index (χ1n) is 10.9. The first-order valence-corrected chi connectivity index (χ1v) is 15.6. The lowest BCUT2D eigenvalue weighted by Crippen LogP contribution is -2.62. The molecule has 1 aliphatic carbocycles. The van der Waals surface area contributed by atoms with E-state index in [1.54, 1.807) is 28.6 Å². The maximum absolute atomic E-state index is 13.8. The third kappa shape index (κ3) is 4.66. The Morgan fingerprint density at radius 3 is 2.30 bits per heavy atom. The quantitative estimate of drug-likeness (QED) is 0.494. The molecule has 0 bridgehead atoms. The number of halogens is 1. The Morgan fingerprint density at radius 2 is 1.80 bits per heavy atom. The highest BCUT2D eigenvalue weighted by molar-refractivity contribution is 7.89. The van der Waals surface area contributed by atoms with E-state index in [1.807, 2.05) is 0 Å². The second kappa shape index (κ2) is 8.48. The Hall–Kier alpha value is -0.443. The molecule has 0 N–H and O–H groups in total. The van der Waals surface area contributed by atoms with Gasteiger partial charge >= 0.3 is 0 Å². The molecule has 0 unspecified atom stereocenters. The molecule has 1 saturated carbocycles. The van der Waals surface area contributed by atoms with Crippen LogP contribution in [0.2, 0.25) is 23.2 Å². The maximum atomic E-state index is 13.8. The molecule has 0 amide bonds. The fourth-order valence-corrected chi connectivity index (χ4v) is 7.68. The average Bonchev–Trinajstić information content (AvgIpc) is 3.41. The van der Waals surface area contributed by atoms with Gasteiger partial charge in [-0.05, 0) is 61.7 Å². The third-order valence-corrected chi connectivity index (χ3v) is 13.6. The van der Waals surface area contributed by atoms with Crippen LogP contribution >= 0.6 is 11.6 Å². The molecule has 1 aromatic carbocycles.